The first-order chi connectivity index (χ1) is 9.74. The largest absolute Gasteiger partial charge is 0.345 e. The number of carbonyl (C=O) groups is 1. The van der Waals surface area contributed by atoms with Gasteiger partial charge < -0.3 is 5.32 Å². The van der Waals surface area contributed by atoms with Gasteiger partial charge in [0.2, 0.25) is 0 Å². The molecular formula is C17H18N2O. The van der Waals surface area contributed by atoms with Crippen LogP contribution in [0.3, 0.4) is 0 Å². The Morgan fingerprint density at radius 1 is 1.25 bits per heavy atom. The zero-order valence-electron chi connectivity index (χ0n) is 11.6. The number of pyridine rings is 1. The SMILES string of the molecule is CC(NC(=O)c1cccnc1)c1ccc2c(c1)CCC2. The molecule has 1 aliphatic rings. The van der Waals surface area contributed by atoms with Crippen molar-refractivity contribution in [1.29, 1.82) is 0 Å². The molecule has 1 N–H and O–H groups in total. The number of hydrogen-bond donors (Lipinski definition) is 1. The first kappa shape index (κ1) is 12.9. The highest BCUT2D eigenvalue weighted by Gasteiger charge is 2.15. The monoisotopic (exact) mass is 266 g/mol. The Morgan fingerprint density at radius 2 is 2.10 bits per heavy atom. The zero-order valence-corrected chi connectivity index (χ0v) is 11.6. The third kappa shape index (κ3) is 2.57. The molecule has 102 valence electrons. The number of aromatic nitrogens is 1. The van der Waals surface area contributed by atoms with E-state index in [0.29, 0.717) is 5.56 Å². The first-order valence-corrected chi connectivity index (χ1v) is 7.06. The number of aryl methyl sites for hydroxylation is 2. The summed E-state index contributed by atoms with van der Waals surface area (Å²) < 4.78 is 0. The number of fused-ring (bicyclic) bond motifs is 1. The van der Waals surface area contributed by atoms with Crippen LogP contribution in [-0.2, 0) is 12.8 Å². The molecule has 1 aromatic carbocycles. The number of nitrogens with zero attached hydrogens (tertiary/aromatic N) is 1. The van der Waals surface area contributed by atoms with E-state index in [9.17, 15) is 4.79 Å². The fourth-order valence-corrected chi connectivity index (χ4v) is 2.72. The van der Waals surface area contributed by atoms with Crippen molar-refractivity contribution >= 4 is 5.91 Å². The van der Waals surface area contributed by atoms with Gasteiger partial charge in [-0.15, -0.1) is 0 Å². The summed E-state index contributed by atoms with van der Waals surface area (Å²) in [6.07, 6.45) is 6.85. The van der Waals surface area contributed by atoms with Gasteiger partial charge in [-0.1, -0.05) is 18.2 Å². The first-order valence-electron chi connectivity index (χ1n) is 7.06. The van der Waals surface area contributed by atoms with Crippen molar-refractivity contribution in [3.8, 4) is 0 Å². The molecule has 1 atom stereocenters. The molecule has 1 amide bonds. The highest BCUT2D eigenvalue weighted by atomic mass is 16.1. The Balaban J connectivity index is 1.73. The van der Waals surface area contributed by atoms with E-state index in [0.717, 1.165) is 6.42 Å². The number of benzene rings is 1. The van der Waals surface area contributed by atoms with Crippen molar-refractivity contribution in [2.75, 3.05) is 0 Å². The minimum absolute atomic E-state index is 0.00797. The second-order valence-corrected chi connectivity index (χ2v) is 5.32. The highest BCUT2D eigenvalue weighted by Crippen LogP contribution is 2.25. The average Bonchev–Trinajstić information content (AvgIpc) is 2.95. The molecule has 0 aliphatic heterocycles. The maximum atomic E-state index is 12.1. The summed E-state index contributed by atoms with van der Waals surface area (Å²) in [6.45, 7) is 2.02. The Labute approximate surface area is 119 Å². The third-order valence-corrected chi connectivity index (χ3v) is 3.89. The molecule has 3 heteroatoms. The van der Waals surface area contributed by atoms with Gasteiger partial charge in [0.15, 0.2) is 0 Å². The van der Waals surface area contributed by atoms with Crippen molar-refractivity contribution in [1.82, 2.24) is 10.3 Å². The predicted molar refractivity (Wildman–Crippen MR) is 78.6 cm³/mol. The van der Waals surface area contributed by atoms with Gasteiger partial charge in [0.05, 0.1) is 11.6 Å². The summed E-state index contributed by atoms with van der Waals surface area (Å²) >= 11 is 0. The molecule has 1 aliphatic carbocycles. The molecule has 1 unspecified atom stereocenters. The van der Waals surface area contributed by atoms with Gasteiger partial charge in [-0.25, -0.2) is 0 Å². The number of rotatable bonds is 3. The molecule has 0 bridgehead atoms. The summed E-state index contributed by atoms with van der Waals surface area (Å²) in [5.74, 6) is -0.0777. The predicted octanol–water partition coefficient (Wildman–Crippen LogP) is 3.06. The molecular weight excluding hydrogens is 248 g/mol. The van der Waals surface area contributed by atoms with E-state index in [1.165, 1.54) is 29.5 Å². The lowest BCUT2D eigenvalue weighted by molar-refractivity contribution is 0.0939. The third-order valence-electron chi connectivity index (χ3n) is 3.89. The smallest absolute Gasteiger partial charge is 0.253 e. The highest BCUT2D eigenvalue weighted by molar-refractivity contribution is 5.94. The van der Waals surface area contributed by atoms with Gasteiger partial charge in [-0.3, -0.25) is 9.78 Å². The number of nitrogens with one attached hydrogen (secondary N) is 1. The van der Waals surface area contributed by atoms with Crippen molar-refractivity contribution in [3.63, 3.8) is 0 Å². The van der Waals surface area contributed by atoms with E-state index >= 15 is 0 Å². The van der Waals surface area contributed by atoms with Crippen molar-refractivity contribution in [3.05, 3.63) is 65.0 Å². The van der Waals surface area contributed by atoms with Gasteiger partial charge in [-0.2, -0.15) is 0 Å². The van der Waals surface area contributed by atoms with Gasteiger partial charge in [0.1, 0.15) is 0 Å². The van der Waals surface area contributed by atoms with Crippen LogP contribution in [-0.4, -0.2) is 10.9 Å². The fraction of sp³-hybridized carbons (Fsp3) is 0.294. The molecule has 3 nitrogen and oxygen atoms in total. The topological polar surface area (TPSA) is 42.0 Å². The molecule has 1 heterocycles. The van der Waals surface area contributed by atoms with Crippen LogP contribution in [0.1, 0.15) is 46.4 Å². The zero-order chi connectivity index (χ0) is 13.9. The minimum atomic E-state index is -0.0777. The van der Waals surface area contributed by atoms with E-state index < -0.39 is 0 Å². The summed E-state index contributed by atoms with van der Waals surface area (Å²) in [7, 11) is 0. The van der Waals surface area contributed by atoms with Crippen LogP contribution in [0.2, 0.25) is 0 Å². The fourth-order valence-electron chi connectivity index (χ4n) is 2.72. The quantitative estimate of drug-likeness (QED) is 0.927. The second kappa shape index (κ2) is 5.45. The van der Waals surface area contributed by atoms with Crippen LogP contribution in [0.5, 0.6) is 0 Å². The maximum absolute atomic E-state index is 12.1. The van der Waals surface area contributed by atoms with Crippen LogP contribution in [0.4, 0.5) is 0 Å². The molecule has 0 saturated carbocycles. The van der Waals surface area contributed by atoms with Crippen LogP contribution >= 0.6 is 0 Å². The summed E-state index contributed by atoms with van der Waals surface area (Å²) in [4.78, 5) is 16.1. The maximum Gasteiger partial charge on any atom is 0.253 e. The summed E-state index contributed by atoms with van der Waals surface area (Å²) in [5, 5.41) is 3.02. The molecule has 2 aromatic rings. The Hall–Kier alpha value is -2.16. The van der Waals surface area contributed by atoms with Gasteiger partial charge in [-0.05, 0) is 55.0 Å². The van der Waals surface area contributed by atoms with Gasteiger partial charge in [0, 0.05) is 12.4 Å². The molecule has 0 radical (unpaired) electrons. The molecule has 0 fully saturated rings. The summed E-state index contributed by atoms with van der Waals surface area (Å²) in [6, 6.07) is 10.1. The Kier molecular flexibility index (Phi) is 3.50. The molecule has 20 heavy (non-hydrogen) atoms. The standard InChI is InChI=1S/C17H18N2O/c1-12(19-17(20)16-6-3-9-18-11-16)14-8-7-13-4-2-5-15(13)10-14/h3,6-12H,2,4-5H2,1H3,(H,19,20). The number of carbonyl (C=O) groups excluding carboxylic acids is 1. The second-order valence-electron chi connectivity index (χ2n) is 5.32. The van der Waals surface area contributed by atoms with Crippen molar-refractivity contribution in [2.45, 2.75) is 32.2 Å². The van der Waals surface area contributed by atoms with Gasteiger partial charge in [0.25, 0.3) is 5.91 Å². The van der Waals surface area contributed by atoms with E-state index in [1.807, 2.05) is 6.92 Å². The number of hydrogen-bond acceptors (Lipinski definition) is 2. The lowest BCUT2D eigenvalue weighted by Gasteiger charge is -2.15. The molecule has 1 aromatic heterocycles. The molecule has 3 rings (SSSR count). The molecule has 0 spiro atoms. The Bertz CT molecular complexity index is 622. The van der Waals surface area contributed by atoms with Crippen LogP contribution in [0, 0.1) is 0 Å². The number of amides is 1. The van der Waals surface area contributed by atoms with E-state index in [1.54, 1.807) is 24.5 Å². The van der Waals surface area contributed by atoms with Crippen LogP contribution in [0.25, 0.3) is 0 Å². The van der Waals surface area contributed by atoms with Gasteiger partial charge >= 0.3 is 0 Å². The van der Waals surface area contributed by atoms with Crippen LogP contribution < -0.4 is 5.32 Å². The summed E-state index contributed by atoms with van der Waals surface area (Å²) in [5.41, 5.74) is 4.66. The Morgan fingerprint density at radius 3 is 2.90 bits per heavy atom. The van der Waals surface area contributed by atoms with E-state index in [2.05, 4.69) is 28.5 Å². The van der Waals surface area contributed by atoms with Crippen molar-refractivity contribution in [2.24, 2.45) is 0 Å². The van der Waals surface area contributed by atoms with E-state index in [-0.39, 0.29) is 11.9 Å². The average molecular weight is 266 g/mol. The molecule has 0 saturated heterocycles. The van der Waals surface area contributed by atoms with E-state index in [4.69, 9.17) is 0 Å². The van der Waals surface area contributed by atoms with Crippen LogP contribution in [0.15, 0.2) is 42.7 Å². The normalized spacial score (nSPS) is 14.7. The lowest BCUT2D eigenvalue weighted by Crippen LogP contribution is -2.26. The van der Waals surface area contributed by atoms with Crippen molar-refractivity contribution < 1.29 is 4.79 Å². The lowest BCUT2D eigenvalue weighted by atomic mass is 10.0. The minimum Gasteiger partial charge on any atom is -0.345 e.